The molecule has 0 aliphatic carbocycles. The van der Waals surface area contributed by atoms with Crippen LogP contribution in [0.2, 0.25) is 0 Å². The molecule has 1 aromatic heterocycles. The number of nitrogens with zero attached hydrogens (tertiary/aromatic N) is 1. The molecule has 0 unspecified atom stereocenters. The highest BCUT2D eigenvalue weighted by Gasteiger charge is 2.19. The summed E-state index contributed by atoms with van der Waals surface area (Å²) in [7, 11) is 0. The summed E-state index contributed by atoms with van der Waals surface area (Å²) >= 11 is 1.07. The van der Waals surface area contributed by atoms with Crippen molar-refractivity contribution in [1.82, 2.24) is 5.32 Å². The molecule has 126 valence electrons. The van der Waals surface area contributed by atoms with Crippen molar-refractivity contribution in [2.45, 2.75) is 26.3 Å². The summed E-state index contributed by atoms with van der Waals surface area (Å²) in [4.78, 5) is 34.5. The van der Waals surface area contributed by atoms with E-state index in [2.05, 4.69) is 5.32 Å². The molecule has 7 nitrogen and oxygen atoms in total. The molecule has 0 fully saturated rings. The summed E-state index contributed by atoms with van der Waals surface area (Å²) in [5, 5.41) is 22.7. The molecular formula is C16H16N2O5S. The molecule has 24 heavy (non-hydrogen) atoms. The number of nitro groups is 1. The Kier molecular flexibility index (Phi) is 5.30. The number of rotatable bonds is 6. The molecule has 2 N–H and O–H groups in total. The van der Waals surface area contributed by atoms with Crippen LogP contribution in [-0.2, 0) is 6.54 Å². The number of benzene rings is 1. The van der Waals surface area contributed by atoms with Crippen LogP contribution in [0.15, 0.2) is 30.3 Å². The van der Waals surface area contributed by atoms with Gasteiger partial charge in [-0.1, -0.05) is 19.9 Å². The number of nitrogens with one attached hydrogen (secondary N) is 1. The maximum Gasteiger partial charge on any atom is 0.345 e. The van der Waals surface area contributed by atoms with E-state index in [9.17, 15) is 19.7 Å². The molecule has 0 bridgehead atoms. The second-order valence-electron chi connectivity index (χ2n) is 5.44. The Balaban J connectivity index is 2.13. The van der Waals surface area contributed by atoms with E-state index >= 15 is 0 Å². The summed E-state index contributed by atoms with van der Waals surface area (Å²) < 4.78 is 0. The quantitative estimate of drug-likeness (QED) is 0.614. The summed E-state index contributed by atoms with van der Waals surface area (Å²) in [5.74, 6) is -1.49. The Hall–Kier alpha value is -2.74. The molecule has 0 saturated heterocycles. The largest absolute Gasteiger partial charge is 0.477 e. The number of carbonyl (C=O) groups excluding carboxylic acids is 1. The third kappa shape index (κ3) is 3.96. The number of amides is 1. The third-order valence-electron chi connectivity index (χ3n) is 3.41. The highest BCUT2D eigenvalue weighted by molar-refractivity contribution is 7.13. The van der Waals surface area contributed by atoms with Crippen LogP contribution in [0.4, 0.5) is 5.69 Å². The molecule has 0 aliphatic rings. The third-order valence-corrected chi connectivity index (χ3v) is 4.48. The monoisotopic (exact) mass is 348 g/mol. The first kappa shape index (κ1) is 17.6. The van der Waals surface area contributed by atoms with Crippen molar-refractivity contribution in [3.63, 3.8) is 0 Å². The minimum atomic E-state index is -1.02. The Morgan fingerprint density at radius 2 is 2.00 bits per heavy atom. The van der Waals surface area contributed by atoms with E-state index in [1.807, 2.05) is 13.8 Å². The lowest BCUT2D eigenvalue weighted by Gasteiger charge is -2.09. The maximum atomic E-state index is 12.2. The number of carbonyl (C=O) groups is 2. The molecule has 2 aromatic rings. The van der Waals surface area contributed by atoms with Gasteiger partial charge in [-0.3, -0.25) is 14.9 Å². The molecule has 0 spiro atoms. The zero-order valence-corrected chi connectivity index (χ0v) is 13.9. The van der Waals surface area contributed by atoms with E-state index in [-0.39, 0.29) is 28.6 Å². The van der Waals surface area contributed by atoms with Crippen LogP contribution < -0.4 is 5.32 Å². The molecule has 0 saturated carbocycles. The number of carboxylic acid groups (broad SMARTS) is 1. The Labute approximate surface area is 142 Å². The summed E-state index contributed by atoms with van der Waals surface area (Å²) in [6, 6.07) is 7.50. The lowest BCUT2D eigenvalue weighted by molar-refractivity contribution is -0.385. The Morgan fingerprint density at radius 1 is 1.29 bits per heavy atom. The van der Waals surface area contributed by atoms with Gasteiger partial charge in [-0.15, -0.1) is 11.3 Å². The standard InChI is InChI=1S/C16H16N2O5S/c1-9(2)12-5-3-10(7-13(12)18(22)23)15(19)17-8-11-4-6-14(24-11)16(20)21/h3-7,9H,8H2,1-2H3,(H,17,19)(H,20,21). The van der Waals surface area contributed by atoms with Crippen LogP contribution in [0.25, 0.3) is 0 Å². The van der Waals surface area contributed by atoms with Crippen LogP contribution in [0, 0.1) is 10.1 Å². The van der Waals surface area contributed by atoms with Crippen molar-refractivity contribution in [3.8, 4) is 0 Å². The normalized spacial score (nSPS) is 10.6. The number of thiophene rings is 1. The second kappa shape index (κ2) is 7.22. The highest BCUT2D eigenvalue weighted by atomic mass is 32.1. The first-order valence-electron chi connectivity index (χ1n) is 7.18. The van der Waals surface area contributed by atoms with Gasteiger partial charge in [0.2, 0.25) is 0 Å². The molecule has 8 heteroatoms. The van der Waals surface area contributed by atoms with Gasteiger partial charge in [0.15, 0.2) is 0 Å². The fourth-order valence-corrected chi connectivity index (χ4v) is 2.97. The first-order valence-corrected chi connectivity index (χ1v) is 7.99. The van der Waals surface area contributed by atoms with Crippen LogP contribution in [0.1, 0.15) is 50.2 Å². The van der Waals surface area contributed by atoms with Gasteiger partial charge in [-0.25, -0.2) is 4.79 Å². The van der Waals surface area contributed by atoms with Crippen LogP contribution in [0.5, 0.6) is 0 Å². The molecule has 0 aliphatic heterocycles. The SMILES string of the molecule is CC(C)c1ccc(C(=O)NCc2ccc(C(=O)O)s2)cc1[N+](=O)[O-]. The van der Waals surface area contributed by atoms with Gasteiger partial charge >= 0.3 is 5.97 Å². The molecule has 2 rings (SSSR count). The molecule has 1 heterocycles. The lowest BCUT2D eigenvalue weighted by atomic mass is 9.99. The van der Waals surface area contributed by atoms with Gasteiger partial charge in [0, 0.05) is 22.1 Å². The fraction of sp³-hybridized carbons (Fsp3) is 0.250. The fourth-order valence-electron chi connectivity index (χ4n) is 2.19. The van der Waals surface area contributed by atoms with E-state index in [0.717, 1.165) is 11.3 Å². The van der Waals surface area contributed by atoms with E-state index in [4.69, 9.17) is 5.11 Å². The van der Waals surface area contributed by atoms with Crippen LogP contribution in [-0.4, -0.2) is 21.9 Å². The number of carboxylic acids is 1. The van der Waals surface area contributed by atoms with Crippen molar-refractivity contribution in [3.05, 3.63) is 61.3 Å². The zero-order chi connectivity index (χ0) is 17.9. The molecule has 0 atom stereocenters. The summed E-state index contributed by atoms with van der Waals surface area (Å²) in [6.07, 6.45) is 0. The second-order valence-corrected chi connectivity index (χ2v) is 6.61. The topological polar surface area (TPSA) is 110 Å². The van der Waals surface area contributed by atoms with E-state index < -0.39 is 16.8 Å². The maximum absolute atomic E-state index is 12.2. The van der Waals surface area contributed by atoms with Gasteiger partial charge < -0.3 is 10.4 Å². The number of nitro benzene ring substituents is 1. The number of hydrogen-bond acceptors (Lipinski definition) is 5. The van der Waals surface area contributed by atoms with Crippen molar-refractivity contribution >= 4 is 28.9 Å². The van der Waals surface area contributed by atoms with Gasteiger partial charge in [0.25, 0.3) is 11.6 Å². The van der Waals surface area contributed by atoms with Crippen molar-refractivity contribution in [1.29, 1.82) is 0 Å². The predicted octanol–water partition coefficient (Wildman–Crippen LogP) is 3.41. The number of hydrogen-bond donors (Lipinski definition) is 2. The van der Waals surface area contributed by atoms with Crippen molar-refractivity contribution in [2.75, 3.05) is 0 Å². The number of aromatic carboxylic acids is 1. The molecule has 1 amide bonds. The molecule has 0 radical (unpaired) electrons. The Morgan fingerprint density at radius 3 is 2.54 bits per heavy atom. The lowest BCUT2D eigenvalue weighted by Crippen LogP contribution is -2.22. The van der Waals surface area contributed by atoms with E-state index in [1.54, 1.807) is 18.2 Å². The van der Waals surface area contributed by atoms with E-state index in [0.29, 0.717) is 10.4 Å². The van der Waals surface area contributed by atoms with Crippen molar-refractivity contribution < 1.29 is 19.6 Å². The minimum Gasteiger partial charge on any atom is -0.477 e. The van der Waals surface area contributed by atoms with Gasteiger partial charge in [0.1, 0.15) is 4.88 Å². The van der Waals surface area contributed by atoms with Gasteiger partial charge in [-0.05, 0) is 24.1 Å². The van der Waals surface area contributed by atoms with Gasteiger partial charge in [0.05, 0.1) is 11.5 Å². The smallest absolute Gasteiger partial charge is 0.345 e. The molecule has 1 aromatic carbocycles. The van der Waals surface area contributed by atoms with Gasteiger partial charge in [-0.2, -0.15) is 0 Å². The summed E-state index contributed by atoms with van der Waals surface area (Å²) in [6.45, 7) is 3.86. The highest BCUT2D eigenvalue weighted by Crippen LogP contribution is 2.27. The zero-order valence-electron chi connectivity index (χ0n) is 13.1. The van der Waals surface area contributed by atoms with Crippen molar-refractivity contribution in [2.24, 2.45) is 0 Å². The Bertz CT molecular complexity index is 798. The molecular weight excluding hydrogens is 332 g/mol. The van der Waals surface area contributed by atoms with E-state index in [1.165, 1.54) is 12.1 Å². The minimum absolute atomic E-state index is 0.0249. The average Bonchev–Trinajstić information content (AvgIpc) is 3.01. The first-order chi connectivity index (χ1) is 11.3. The average molecular weight is 348 g/mol. The van der Waals surface area contributed by atoms with Crippen LogP contribution in [0.3, 0.4) is 0 Å². The van der Waals surface area contributed by atoms with Crippen LogP contribution >= 0.6 is 11.3 Å². The predicted molar refractivity (Wildman–Crippen MR) is 89.6 cm³/mol. The summed E-state index contributed by atoms with van der Waals surface area (Å²) in [5.41, 5.74) is 0.684.